The van der Waals surface area contributed by atoms with Crippen LogP contribution in [0.5, 0.6) is 0 Å². The van der Waals surface area contributed by atoms with E-state index < -0.39 is 41.4 Å². The zero-order chi connectivity index (χ0) is 24.1. The van der Waals surface area contributed by atoms with Crippen molar-refractivity contribution in [3.63, 3.8) is 0 Å². The number of benzene rings is 1. The zero-order valence-corrected chi connectivity index (χ0v) is 18.8. The summed E-state index contributed by atoms with van der Waals surface area (Å²) in [6.07, 6.45) is -2.39. The summed E-state index contributed by atoms with van der Waals surface area (Å²) in [6.45, 7) is 3.18. The molecule has 4 rings (SSSR count). The van der Waals surface area contributed by atoms with Gasteiger partial charge in [-0.3, -0.25) is 4.79 Å². The summed E-state index contributed by atoms with van der Waals surface area (Å²) in [7, 11) is 0. The number of pyridine rings is 1. The highest BCUT2D eigenvalue weighted by Crippen LogP contribution is 2.48. The van der Waals surface area contributed by atoms with E-state index in [2.05, 4.69) is 15.3 Å². The van der Waals surface area contributed by atoms with Gasteiger partial charge in [0.05, 0.1) is 27.4 Å². The van der Waals surface area contributed by atoms with Crippen LogP contribution in [-0.4, -0.2) is 27.2 Å². The van der Waals surface area contributed by atoms with Gasteiger partial charge in [-0.15, -0.1) is 11.8 Å². The van der Waals surface area contributed by atoms with Crippen LogP contribution in [0.2, 0.25) is 0 Å². The first-order valence-corrected chi connectivity index (χ1v) is 11.4. The molecule has 1 aliphatic rings. The van der Waals surface area contributed by atoms with Crippen LogP contribution in [0.25, 0.3) is 10.9 Å². The van der Waals surface area contributed by atoms with E-state index in [1.165, 1.54) is 18.3 Å². The molecule has 33 heavy (non-hydrogen) atoms. The molecule has 3 aromatic rings. The number of anilines is 1. The standard InChI is InChI=1S/C22H21F5N4OS/c1-10(12-5-4-6-13(15(12)23)18(24)25)28-19-14-9-31(22(7-8-22)21(26)27)20(32)17(33-3)16(14)29-11(2)30-19/h4-6,9-10,18,21H,7-8H2,1-3H3,(H,28,29,30)/t10-/m1/s1. The van der Waals surface area contributed by atoms with Crippen molar-refractivity contribution in [1.82, 2.24) is 14.5 Å². The number of hydrogen-bond donors (Lipinski definition) is 1. The van der Waals surface area contributed by atoms with Crippen molar-refractivity contribution in [2.75, 3.05) is 11.6 Å². The molecule has 0 unspecified atom stereocenters. The third-order valence-electron chi connectivity index (χ3n) is 5.91. The second-order valence-corrected chi connectivity index (χ2v) is 8.86. The molecule has 0 amide bonds. The quantitative estimate of drug-likeness (QED) is 0.338. The van der Waals surface area contributed by atoms with Gasteiger partial charge in [0.2, 0.25) is 0 Å². The van der Waals surface area contributed by atoms with Crippen LogP contribution < -0.4 is 10.9 Å². The van der Waals surface area contributed by atoms with Gasteiger partial charge in [0.25, 0.3) is 18.4 Å². The van der Waals surface area contributed by atoms with Gasteiger partial charge < -0.3 is 9.88 Å². The first kappa shape index (κ1) is 23.5. The Kier molecular flexibility index (Phi) is 6.10. The summed E-state index contributed by atoms with van der Waals surface area (Å²) in [5.41, 5.74) is -2.54. The van der Waals surface area contributed by atoms with E-state index in [0.29, 0.717) is 11.2 Å². The second kappa shape index (κ2) is 8.58. The number of aromatic nitrogens is 3. The number of halogens is 5. The monoisotopic (exact) mass is 484 g/mol. The smallest absolute Gasteiger partial charge is 0.267 e. The van der Waals surface area contributed by atoms with E-state index in [1.54, 1.807) is 20.1 Å². The molecule has 0 spiro atoms. The highest BCUT2D eigenvalue weighted by atomic mass is 32.2. The molecule has 0 aliphatic heterocycles. The first-order chi connectivity index (χ1) is 15.6. The number of rotatable bonds is 7. The average molecular weight is 484 g/mol. The Balaban J connectivity index is 1.87. The molecule has 1 atom stereocenters. The largest absolute Gasteiger partial charge is 0.363 e. The van der Waals surface area contributed by atoms with Crippen LogP contribution in [0, 0.1) is 12.7 Å². The van der Waals surface area contributed by atoms with Gasteiger partial charge in [0, 0.05) is 11.8 Å². The van der Waals surface area contributed by atoms with Gasteiger partial charge in [0.1, 0.15) is 23.0 Å². The van der Waals surface area contributed by atoms with Gasteiger partial charge in [-0.2, -0.15) is 0 Å². The van der Waals surface area contributed by atoms with Gasteiger partial charge in [-0.25, -0.2) is 31.9 Å². The fourth-order valence-corrected chi connectivity index (χ4v) is 4.57. The highest BCUT2D eigenvalue weighted by molar-refractivity contribution is 7.98. The fourth-order valence-electron chi connectivity index (χ4n) is 3.95. The predicted octanol–water partition coefficient (Wildman–Crippen LogP) is 5.83. The van der Waals surface area contributed by atoms with E-state index in [9.17, 15) is 26.7 Å². The van der Waals surface area contributed by atoms with E-state index >= 15 is 0 Å². The molecule has 0 bridgehead atoms. The molecule has 176 valence electrons. The molecule has 1 N–H and O–H groups in total. The van der Waals surface area contributed by atoms with Crippen LogP contribution in [0.4, 0.5) is 27.8 Å². The van der Waals surface area contributed by atoms with Crippen LogP contribution in [0.3, 0.4) is 0 Å². The van der Waals surface area contributed by atoms with Crippen molar-refractivity contribution in [3.8, 4) is 0 Å². The number of nitrogens with one attached hydrogen (secondary N) is 1. The van der Waals surface area contributed by atoms with Gasteiger partial charge in [0.15, 0.2) is 0 Å². The topological polar surface area (TPSA) is 59.8 Å². The molecule has 1 aromatic carbocycles. The number of nitrogens with zero attached hydrogens (tertiary/aromatic N) is 3. The van der Waals surface area contributed by atoms with Crippen molar-refractivity contribution < 1.29 is 22.0 Å². The average Bonchev–Trinajstić information content (AvgIpc) is 3.55. The maximum atomic E-state index is 14.7. The van der Waals surface area contributed by atoms with Crippen molar-refractivity contribution in [1.29, 1.82) is 0 Å². The Bertz CT molecular complexity index is 1280. The van der Waals surface area contributed by atoms with Crippen molar-refractivity contribution >= 4 is 28.5 Å². The molecule has 2 aromatic heterocycles. The van der Waals surface area contributed by atoms with Crippen LogP contribution in [0.15, 0.2) is 34.1 Å². The van der Waals surface area contributed by atoms with E-state index in [4.69, 9.17) is 0 Å². The molecule has 11 heteroatoms. The predicted molar refractivity (Wildman–Crippen MR) is 117 cm³/mol. The molecule has 1 fully saturated rings. The van der Waals surface area contributed by atoms with Crippen molar-refractivity contribution in [2.24, 2.45) is 0 Å². The molecular weight excluding hydrogens is 463 g/mol. The Morgan fingerprint density at radius 2 is 1.82 bits per heavy atom. The first-order valence-electron chi connectivity index (χ1n) is 10.2. The number of thioether (sulfide) groups is 1. The molecule has 0 radical (unpaired) electrons. The minimum absolute atomic E-state index is 0.00173. The normalized spacial score (nSPS) is 15.9. The van der Waals surface area contributed by atoms with Gasteiger partial charge in [-0.1, -0.05) is 18.2 Å². The summed E-state index contributed by atoms with van der Waals surface area (Å²) < 4.78 is 69.6. The highest BCUT2D eigenvalue weighted by Gasteiger charge is 2.54. The van der Waals surface area contributed by atoms with Gasteiger partial charge in [-0.05, 0) is 32.9 Å². The Labute approximate surface area is 190 Å². The van der Waals surface area contributed by atoms with Crippen LogP contribution in [0.1, 0.15) is 49.2 Å². The van der Waals surface area contributed by atoms with Crippen LogP contribution in [-0.2, 0) is 5.54 Å². The lowest BCUT2D eigenvalue weighted by atomic mass is 10.0. The molecule has 2 heterocycles. The number of aryl methyl sites for hydroxylation is 1. The molecule has 1 saturated carbocycles. The molecule has 5 nitrogen and oxygen atoms in total. The Morgan fingerprint density at radius 1 is 1.15 bits per heavy atom. The lowest BCUT2D eigenvalue weighted by molar-refractivity contribution is 0.0650. The van der Waals surface area contributed by atoms with Crippen LogP contribution >= 0.6 is 11.8 Å². The molecular formula is C22H21F5N4OS. The number of hydrogen-bond acceptors (Lipinski definition) is 5. The minimum Gasteiger partial charge on any atom is -0.363 e. The summed E-state index contributed by atoms with van der Waals surface area (Å²) in [4.78, 5) is 21.9. The third-order valence-corrected chi connectivity index (χ3v) is 6.69. The molecule has 0 saturated heterocycles. The van der Waals surface area contributed by atoms with E-state index in [0.717, 1.165) is 22.4 Å². The summed E-state index contributed by atoms with van der Waals surface area (Å²) in [6, 6.07) is 2.95. The Hall–Kier alpha value is -2.69. The summed E-state index contributed by atoms with van der Waals surface area (Å²) in [5.74, 6) is -0.527. The zero-order valence-electron chi connectivity index (χ0n) is 18.0. The third kappa shape index (κ3) is 3.96. The lowest BCUT2D eigenvalue weighted by Crippen LogP contribution is -2.36. The summed E-state index contributed by atoms with van der Waals surface area (Å²) >= 11 is 1.10. The number of alkyl halides is 4. The number of fused-ring (bicyclic) bond motifs is 1. The maximum Gasteiger partial charge on any atom is 0.267 e. The summed E-state index contributed by atoms with van der Waals surface area (Å²) in [5, 5.41) is 3.31. The maximum absolute atomic E-state index is 14.7. The fraction of sp³-hybridized carbons (Fsp3) is 0.409. The van der Waals surface area contributed by atoms with Crippen molar-refractivity contribution in [2.45, 2.75) is 56.0 Å². The minimum atomic E-state index is -2.97. The Morgan fingerprint density at radius 3 is 2.39 bits per heavy atom. The van der Waals surface area contributed by atoms with Gasteiger partial charge >= 0.3 is 0 Å². The SMILES string of the molecule is CSc1c(=O)n(C2(C(F)F)CC2)cc2c(N[C@H](C)c3cccc(C(F)F)c3F)nc(C)nc12. The molecule has 1 aliphatic carbocycles. The van der Waals surface area contributed by atoms with E-state index in [1.807, 2.05) is 0 Å². The lowest BCUT2D eigenvalue weighted by Gasteiger charge is -2.22. The van der Waals surface area contributed by atoms with E-state index in [-0.39, 0.29) is 34.6 Å². The second-order valence-electron chi connectivity index (χ2n) is 8.04. The van der Waals surface area contributed by atoms with Crippen molar-refractivity contribution in [3.05, 3.63) is 57.5 Å².